The summed E-state index contributed by atoms with van der Waals surface area (Å²) in [4.78, 5) is 11.0. The third kappa shape index (κ3) is 7.01. The monoisotopic (exact) mass is 165 g/mol. The van der Waals surface area contributed by atoms with Crippen molar-refractivity contribution >= 4 is 5.78 Å². The van der Waals surface area contributed by atoms with E-state index in [1.165, 1.54) is 0 Å². The predicted molar refractivity (Wildman–Crippen MR) is 48.5 cm³/mol. The number of allylic oxidation sites excluding steroid dienone is 2. The molecule has 0 heterocycles. The first-order chi connectivity index (χ1) is 5.81. The Morgan fingerprint density at radius 3 is 2.83 bits per heavy atom. The first-order valence-electron chi connectivity index (χ1n) is 4.31. The minimum atomic E-state index is 0.269. The van der Waals surface area contributed by atoms with E-state index in [1.807, 2.05) is 19.1 Å². The molecule has 2 nitrogen and oxygen atoms in total. The van der Waals surface area contributed by atoms with E-state index in [-0.39, 0.29) is 5.78 Å². The smallest absolute Gasteiger partial charge is 0.136 e. The van der Waals surface area contributed by atoms with Gasteiger partial charge in [0.1, 0.15) is 5.78 Å². The van der Waals surface area contributed by atoms with Gasteiger partial charge < -0.3 is 0 Å². The lowest BCUT2D eigenvalue weighted by molar-refractivity contribution is -0.118. The second-order valence-electron chi connectivity index (χ2n) is 2.68. The van der Waals surface area contributed by atoms with Gasteiger partial charge in [0.15, 0.2) is 0 Å². The van der Waals surface area contributed by atoms with E-state index in [0.717, 1.165) is 12.8 Å². The fourth-order valence-corrected chi connectivity index (χ4v) is 0.878. The summed E-state index contributed by atoms with van der Waals surface area (Å²) in [5, 5.41) is 8.23. The number of hydrogen-bond donors (Lipinski definition) is 0. The van der Waals surface area contributed by atoms with Crippen LogP contribution in [0.1, 0.15) is 39.0 Å². The van der Waals surface area contributed by atoms with Crippen LogP contribution in [0.15, 0.2) is 12.2 Å². The summed E-state index contributed by atoms with van der Waals surface area (Å²) in [6.07, 6.45) is 7.17. The highest BCUT2D eigenvalue weighted by atomic mass is 16.1. The normalized spacial score (nSPS) is 10.0. The van der Waals surface area contributed by atoms with Crippen molar-refractivity contribution in [2.24, 2.45) is 0 Å². The number of carbonyl (C=O) groups excluding carboxylic acids is 1. The molecule has 0 atom stereocenters. The largest absolute Gasteiger partial charge is 0.299 e. The van der Waals surface area contributed by atoms with E-state index >= 15 is 0 Å². The highest BCUT2D eigenvalue weighted by Gasteiger charge is 1.97. The van der Waals surface area contributed by atoms with Crippen LogP contribution in [0.25, 0.3) is 0 Å². The molecular weight excluding hydrogens is 150 g/mol. The topological polar surface area (TPSA) is 40.9 Å². The molecule has 0 N–H and O–H groups in total. The molecular formula is C10H15NO. The van der Waals surface area contributed by atoms with Crippen molar-refractivity contribution in [1.82, 2.24) is 0 Å². The van der Waals surface area contributed by atoms with E-state index < -0.39 is 0 Å². The van der Waals surface area contributed by atoms with Crippen LogP contribution >= 0.6 is 0 Å². The van der Waals surface area contributed by atoms with Gasteiger partial charge in [-0.2, -0.15) is 5.26 Å². The maximum Gasteiger partial charge on any atom is 0.136 e. The summed E-state index contributed by atoms with van der Waals surface area (Å²) in [6.45, 7) is 1.91. The predicted octanol–water partition coefficient (Wildman–Crippen LogP) is 2.61. The fraction of sp³-hybridized carbons (Fsp3) is 0.600. The Kier molecular flexibility index (Phi) is 7.27. The van der Waals surface area contributed by atoms with Gasteiger partial charge in [0.05, 0.1) is 6.07 Å². The number of nitrogens with zero attached hydrogens (tertiary/aromatic N) is 1. The molecule has 12 heavy (non-hydrogen) atoms. The molecule has 0 aliphatic rings. The van der Waals surface area contributed by atoms with Crippen LogP contribution in [0.5, 0.6) is 0 Å². The fourth-order valence-electron chi connectivity index (χ4n) is 0.878. The summed E-state index contributed by atoms with van der Waals surface area (Å²) in [5.74, 6) is 0.269. The van der Waals surface area contributed by atoms with Gasteiger partial charge in [-0.25, -0.2) is 0 Å². The minimum absolute atomic E-state index is 0.269. The minimum Gasteiger partial charge on any atom is -0.299 e. The molecule has 0 aliphatic heterocycles. The number of Topliss-reactive ketones (excluding diaryl/α,β-unsaturated/α-hetero) is 1. The molecule has 0 saturated carbocycles. The molecule has 0 aromatic heterocycles. The van der Waals surface area contributed by atoms with Gasteiger partial charge in [-0.1, -0.05) is 12.2 Å². The second kappa shape index (κ2) is 8.00. The molecule has 0 aliphatic carbocycles. The van der Waals surface area contributed by atoms with Gasteiger partial charge in [0, 0.05) is 19.3 Å². The average molecular weight is 165 g/mol. The van der Waals surface area contributed by atoms with Gasteiger partial charge >= 0.3 is 0 Å². The van der Waals surface area contributed by atoms with E-state index in [2.05, 4.69) is 6.07 Å². The zero-order chi connectivity index (χ0) is 9.23. The summed E-state index contributed by atoms with van der Waals surface area (Å²) >= 11 is 0. The quantitative estimate of drug-likeness (QED) is 0.448. The zero-order valence-electron chi connectivity index (χ0n) is 7.55. The number of rotatable bonds is 6. The van der Waals surface area contributed by atoms with Crippen LogP contribution < -0.4 is 0 Å². The number of nitriles is 1. The van der Waals surface area contributed by atoms with Crippen LogP contribution in [0.2, 0.25) is 0 Å². The molecule has 0 spiro atoms. The molecule has 0 radical (unpaired) electrons. The Morgan fingerprint density at radius 2 is 2.25 bits per heavy atom. The Balaban J connectivity index is 3.27. The van der Waals surface area contributed by atoms with Crippen molar-refractivity contribution < 1.29 is 4.79 Å². The second-order valence-corrected chi connectivity index (χ2v) is 2.68. The summed E-state index contributed by atoms with van der Waals surface area (Å²) < 4.78 is 0. The van der Waals surface area contributed by atoms with Gasteiger partial charge in [-0.15, -0.1) is 0 Å². The third-order valence-electron chi connectivity index (χ3n) is 1.58. The molecule has 0 saturated heterocycles. The molecule has 0 bridgehead atoms. The lowest BCUT2D eigenvalue weighted by Crippen LogP contribution is -1.94. The third-order valence-corrected chi connectivity index (χ3v) is 1.58. The summed E-state index contributed by atoms with van der Waals surface area (Å²) in [6, 6.07) is 2.06. The van der Waals surface area contributed by atoms with Crippen molar-refractivity contribution in [3.05, 3.63) is 12.2 Å². The maximum atomic E-state index is 11.0. The Bertz CT molecular complexity index is 189. The van der Waals surface area contributed by atoms with Gasteiger partial charge in [-0.05, 0) is 19.8 Å². The van der Waals surface area contributed by atoms with Crippen LogP contribution in [-0.4, -0.2) is 5.78 Å². The maximum absolute atomic E-state index is 11.0. The first kappa shape index (κ1) is 10.9. The zero-order valence-corrected chi connectivity index (χ0v) is 7.55. The van der Waals surface area contributed by atoms with Gasteiger partial charge in [0.25, 0.3) is 0 Å². The Labute approximate surface area is 73.9 Å². The molecule has 0 aromatic rings. The van der Waals surface area contributed by atoms with Crippen molar-refractivity contribution in [2.75, 3.05) is 0 Å². The summed E-state index contributed by atoms with van der Waals surface area (Å²) in [5.41, 5.74) is 0. The average Bonchev–Trinajstić information content (AvgIpc) is 2.09. The highest BCUT2D eigenvalue weighted by molar-refractivity contribution is 5.79. The molecule has 0 fully saturated rings. The molecule has 2 heteroatoms. The number of ketones is 1. The number of carbonyl (C=O) groups is 1. The SMILES string of the molecule is C/C=C/CC(=O)CCCCC#N. The van der Waals surface area contributed by atoms with Crippen molar-refractivity contribution in [2.45, 2.75) is 39.0 Å². The van der Waals surface area contributed by atoms with Crippen LogP contribution in [0.3, 0.4) is 0 Å². The Hall–Kier alpha value is -1.10. The van der Waals surface area contributed by atoms with E-state index in [0.29, 0.717) is 19.3 Å². The molecule has 0 aromatic carbocycles. The molecule has 0 unspecified atom stereocenters. The van der Waals surface area contributed by atoms with Crippen LogP contribution in [-0.2, 0) is 4.79 Å². The first-order valence-corrected chi connectivity index (χ1v) is 4.31. The van der Waals surface area contributed by atoms with E-state index in [9.17, 15) is 4.79 Å². The van der Waals surface area contributed by atoms with Gasteiger partial charge in [0.2, 0.25) is 0 Å². The standard InChI is InChI=1S/C10H15NO/c1-2-3-7-10(12)8-5-4-6-9-11/h2-3H,4-8H2,1H3/b3-2+. The van der Waals surface area contributed by atoms with Gasteiger partial charge in [-0.3, -0.25) is 4.79 Å². The lowest BCUT2D eigenvalue weighted by Gasteiger charge is -1.94. The van der Waals surface area contributed by atoms with E-state index in [1.54, 1.807) is 0 Å². The summed E-state index contributed by atoms with van der Waals surface area (Å²) in [7, 11) is 0. The number of unbranched alkanes of at least 4 members (excludes halogenated alkanes) is 2. The molecule has 0 amide bonds. The van der Waals surface area contributed by atoms with Crippen molar-refractivity contribution in [3.63, 3.8) is 0 Å². The van der Waals surface area contributed by atoms with Crippen molar-refractivity contribution in [1.29, 1.82) is 5.26 Å². The molecule has 66 valence electrons. The van der Waals surface area contributed by atoms with Crippen LogP contribution in [0.4, 0.5) is 0 Å². The number of hydrogen-bond acceptors (Lipinski definition) is 2. The van der Waals surface area contributed by atoms with Crippen LogP contribution in [0, 0.1) is 11.3 Å². The lowest BCUT2D eigenvalue weighted by atomic mass is 10.1. The Morgan fingerprint density at radius 1 is 1.50 bits per heavy atom. The molecule has 0 rings (SSSR count). The van der Waals surface area contributed by atoms with E-state index in [4.69, 9.17) is 5.26 Å². The van der Waals surface area contributed by atoms with Crippen molar-refractivity contribution in [3.8, 4) is 6.07 Å². The highest BCUT2D eigenvalue weighted by Crippen LogP contribution is 2.01.